The third-order valence-electron chi connectivity index (χ3n) is 4.79. The van der Waals surface area contributed by atoms with E-state index in [4.69, 9.17) is 5.26 Å². The maximum atomic E-state index is 13.5. The van der Waals surface area contributed by atoms with Crippen LogP contribution in [0.5, 0.6) is 0 Å². The topological polar surface area (TPSA) is 73.2 Å². The normalized spacial score (nSPS) is 15.8. The Morgan fingerprint density at radius 3 is 2.36 bits per heavy atom. The summed E-state index contributed by atoms with van der Waals surface area (Å²) >= 11 is 0. The molecule has 136 valence electrons. The summed E-state index contributed by atoms with van der Waals surface area (Å²) in [5.41, 5.74) is 3.09. The highest BCUT2D eigenvalue weighted by Gasteiger charge is 2.33. The molecule has 0 radical (unpaired) electrons. The fourth-order valence-corrected chi connectivity index (χ4v) is 3.44. The van der Waals surface area contributed by atoms with Gasteiger partial charge in [-0.05, 0) is 42.0 Å². The van der Waals surface area contributed by atoms with Crippen molar-refractivity contribution in [2.45, 2.75) is 12.5 Å². The van der Waals surface area contributed by atoms with Crippen molar-refractivity contribution in [3.8, 4) is 6.07 Å². The Morgan fingerprint density at radius 1 is 0.964 bits per heavy atom. The van der Waals surface area contributed by atoms with E-state index in [1.165, 1.54) is 0 Å². The van der Waals surface area contributed by atoms with E-state index in [-0.39, 0.29) is 18.2 Å². The molecule has 4 rings (SSSR count). The van der Waals surface area contributed by atoms with Gasteiger partial charge in [0, 0.05) is 5.56 Å². The highest BCUT2D eigenvalue weighted by atomic mass is 16.2. The monoisotopic (exact) mass is 367 g/mol. The largest absolute Gasteiger partial charge is 0.324 e. The maximum Gasteiger partial charge on any atom is 0.258 e. The van der Waals surface area contributed by atoms with E-state index in [0.29, 0.717) is 22.5 Å². The number of carbonyl (C=O) groups is 2. The van der Waals surface area contributed by atoms with E-state index in [9.17, 15) is 9.59 Å². The minimum absolute atomic E-state index is 0.142. The van der Waals surface area contributed by atoms with Gasteiger partial charge in [-0.15, -0.1) is 0 Å². The lowest BCUT2D eigenvalue weighted by atomic mass is 10.00. The molecule has 1 heterocycles. The van der Waals surface area contributed by atoms with E-state index in [2.05, 4.69) is 11.4 Å². The lowest BCUT2D eigenvalue weighted by Crippen LogP contribution is -2.35. The highest BCUT2D eigenvalue weighted by molar-refractivity contribution is 6.11. The summed E-state index contributed by atoms with van der Waals surface area (Å²) in [7, 11) is 0. The molecule has 5 heteroatoms. The molecule has 1 atom stereocenters. The van der Waals surface area contributed by atoms with E-state index in [1.807, 2.05) is 48.5 Å². The molecule has 0 saturated carbocycles. The van der Waals surface area contributed by atoms with Crippen molar-refractivity contribution in [1.82, 2.24) is 0 Å². The predicted molar refractivity (Wildman–Crippen MR) is 107 cm³/mol. The molecule has 1 N–H and O–H groups in total. The van der Waals surface area contributed by atoms with Crippen molar-refractivity contribution in [3.05, 3.63) is 95.6 Å². The SMILES string of the molecule is N#Cc1ccc(C(=O)N2c3ccccc3NC(=O)CC2c2ccccc2)cc1. The molecule has 0 saturated heterocycles. The lowest BCUT2D eigenvalue weighted by molar-refractivity contribution is -0.116. The summed E-state index contributed by atoms with van der Waals surface area (Å²) in [6.07, 6.45) is 0.153. The molecular weight excluding hydrogens is 350 g/mol. The number of nitriles is 1. The number of fused-ring (bicyclic) bond motifs is 1. The van der Waals surface area contributed by atoms with Gasteiger partial charge in [0.25, 0.3) is 5.91 Å². The molecule has 1 aliphatic rings. The Morgan fingerprint density at radius 2 is 1.64 bits per heavy atom. The first-order chi connectivity index (χ1) is 13.7. The Labute approximate surface area is 162 Å². The molecule has 28 heavy (non-hydrogen) atoms. The number of amides is 2. The van der Waals surface area contributed by atoms with Gasteiger partial charge in [-0.1, -0.05) is 42.5 Å². The van der Waals surface area contributed by atoms with E-state index in [1.54, 1.807) is 35.2 Å². The van der Waals surface area contributed by atoms with Crippen LogP contribution in [0, 0.1) is 11.3 Å². The lowest BCUT2D eigenvalue weighted by Gasteiger charge is -2.31. The van der Waals surface area contributed by atoms with Gasteiger partial charge in [-0.3, -0.25) is 14.5 Å². The van der Waals surface area contributed by atoms with Gasteiger partial charge in [0.05, 0.1) is 35.5 Å². The van der Waals surface area contributed by atoms with Gasteiger partial charge in [0.15, 0.2) is 0 Å². The van der Waals surface area contributed by atoms with Gasteiger partial charge in [-0.25, -0.2) is 0 Å². The van der Waals surface area contributed by atoms with Crippen molar-refractivity contribution in [3.63, 3.8) is 0 Å². The highest BCUT2D eigenvalue weighted by Crippen LogP contribution is 2.38. The van der Waals surface area contributed by atoms with Gasteiger partial charge < -0.3 is 5.32 Å². The fourth-order valence-electron chi connectivity index (χ4n) is 3.44. The van der Waals surface area contributed by atoms with Crippen LogP contribution in [0.3, 0.4) is 0 Å². The minimum Gasteiger partial charge on any atom is -0.324 e. The summed E-state index contributed by atoms with van der Waals surface area (Å²) in [4.78, 5) is 27.7. The van der Waals surface area contributed by atoms with Gasteiger partial charge >= 0.3 is 0 Å². The molecular formula is C23H17N3O2. The minimum atomic E-state index is -0.437. The van der Waals surface area contributed by atoms with Crippen molar-refractivity contribution in [2.24, 2.45) is 0 Å². The summed E-state index contributed by atoms with van der Waals surface area (Å²) < 4.78 is 0. The first-order valence-electron chi connectivity index (χ1n) is 8.95. The average molecular weight is 367 g/mol. The van der Waals surface area contributed by atoms with Crippen LogP contribution in [0.2, 0.25) is 0 Å². The number of hydrogen-bond acceptors (Lipinski definition) is 3. The molecule has 1 unspecified atom stereocenters. The Kier molecular flexibility index (Phi) is 4.61. The average Bonchev–Trinajstić information content (AvgIpc) is 2.89. The zero-order valence-electron chi connectivity index (χ0n) is 15.0. The van der Waals surface area contributed by atoms with Gasteiger partial charge in [0.2, 0.25) is 5.91 Å². The predicted octanol–water partition coefficient (Wildman–Crippen LogP) is 4.29. The third kappa shape index (κ3) is 3.24. The van der Waals surface area contributed by atoms with Crippen LogP contribution in [-0.4, -0.2) is 11.8 Å². The molecule has 0 aromatic heterocycles. The van der Waals surface area contributed by atoms with Crippen LogP contribution in [0.15, 0.2) is 78.9 Å². The molecule has 1 aliphatic heterocycles. The van der Waals surface area contributed by atoms with E-state index < -0.39 is 6.04 Å². The second-order valence-corrected chi connectivity index (χ2v) is 6.56. The Balaban J connectivity index is 1.86. The third-order valence-corrected chi connectivity index (χ3v) is 4.79. The molecule has 5 nitrogen and oxygen atoms in total. The van der Waals surface area contributed by atoms with Crippen LogP contribution >= 0.6 is 0 Å². The number of carbonyl (C=O) groups excluding carboxylic acids is 2. The van der Waals surface area contributed by atoms with Crippen LogP contribution in [0.4, 0.5) is 11.4 Å². The summed E-state index contributed by atoms with van der Waals surface area (Å²) in [6, 6.07) is 25.0. The fraction of sp³-hybridized carbons (Fsp3) is 0.0870. The van der Waals surface area contributed by atoms with Crippen molar-refractivity contribution in [2.75, 3.05) is 10.2 Å². The zero-order valence-corrected chi connectivity index (χ0v) is 15.0. The van der Waals surface area contributed by atoms with Gasteiger partial charge in [0.1, 0.15) is 0 Å². The van der Waals surface area contributed by atoms with Crippen LogP contribution in [0.1, 0.15) is 33.9 Å². The standard InChI is InChI=1S/C23H17N3O2/c24-15-16-10-12-18(13-11-16)23(28)26-20-9-5-4-8-19(20)25-22(27)14-21(26)17-6-2-1-3-7-17/h1-13,21H,14H2,(H,25,27). The number of hydrogen-bond donors (Lipinski definition) is 1. The Bertz CT molecular complexity index is 1070. The maximum absolute atomic E-state index is 13.5. The van der Waals surface area contributed by atoms with Crippen LogP contribution in [-0.2, 0) is 4.79 Å². The van der Waals surface area contributed by atoms with Gasteiger partial charge in [-0.2, -0.15) is 5.26 Å². The molecule has 3 aromatic rings. The first kappa shape index (κ1) is 17.5. The van der Waals surface area contributed by atoms with Crippen molar-refractivity contribution in [1.29, 1.82) is 5.26 Å². The summed E-state index contributed by atoms with van der Waals surface area (Å²) in [6.45, 7) is 0. The van der Waals surface area contributed by atoms with Crippen LogP contribution in [0.25, 0.3) is 0 Å². The van der Waals surface area contributed by atoms with E-state index >= 15 is 0 Å². The number of nitrogens with one attached hydrogen (secondary N) is 1. The number of nitrogens with zero attached hydrogens (tertiary/aromatic N) is 2. The number of anilines is 2. The molecule has 0 spiro atoms. The molecule has 2 amide bonds. The van der Waals surface area contributed by atoms with Crippen LogP contribution < -0.4 is 10.2 Å². The summed E-state index contributed by atoms with van der Waals surface area (Å²) in [5.74, 6) is -0.362. The number of rotatable bonds is 2. The second kappa shape index (κ2) is 7.37. The smallest absolute Gasteiger partial charge is 0.258 e. The number of benzene rings is 3. The van der Waals surface area contributed by atoms with E-state index in [0.717, 1.165) is 5.56 Å². The van der Waals surface area contributed by atoms with Crippen molar-refractivity contribution < 1.29 is 9.59 Å². The molecule has 0 bridgehead atoms. The second-order valence-electron chi connectivity index (χ2n) is 6.56. The Hall–Kier alpha value is -3.91. The molecule has 3 aromatic carbocycles. The van der Waals surface area contributed by atoms with Crippen molar-refractivity contribution >= 4 is 23.2 Å². The molecule has 0 aliphatic carbocycles. The first-order valence-corrected chi connectivity index (χ1v) is 8.95. The quantitative estimate of drug-likeness (QED) is 0.734. The zero-order chi connectivity index (χ0) is 19.5. The summed E-state index contributed by atoms with van der Waals surface area (Å²) in [5, 5.41) is 11.9. The number of para-hydroxylation sites is 2. The molecule has 0 fully saturated rings.